The summed E-state index contributed by atoms with van der Waals surface area (Å²) in [6, 6.07) is 0. The van der Waals surface area contributed by atoms with Crippen LogP contribution in [0.4, 0.5) is 0 Å². The summed E-state index contributed by atoms with van der Waals surface area (Å²) < 4.78 is 0. The molecule has 1 aromatic carbocycles. The summed E-state index contributed by atoms with van der Waals surface area (Å²) in [5, 5.41) is 0. The molecule has 0 spiro atoms. The number of hydrogen-bond donors (Lipinski definition) is 0. The topological polar surface area (TPSA) is 34.1 Å². The van der Waals surface area contributed by atoms with E-state index in [9.17, 15) is 9.59 Å². The lowest BCUT2D eigenvalue weighted by Crippen LogP contribution is -2.42. The smallest absolute Gasteiger partial charge is 0.230 e. The Balaban J connectivity index is 2.59. The predicted octanol–water partition coefficient (Wildman–Crippen LogP) is 0.888. The van der Waals surface area contributed by atoms with E-state index in [2.05, 4.69) is 6.08 Å². The summed E-state index contributed by atoms with van der Waals surface area (Å²) in [5.41, 5.74) is 2.19. The summed E-state index contributed by atoms with van der Waals surface area (Å²) >= 11 is 0. The van der Waals surface area contributed by atoms with Crippen LogP contribution in [0, 0.1) is 0 Å². The van der Waals surface area contributed by atoms with E-state index in [1.807, 2.05) is 13.8 Å². The number of hydrogen-bond acceptors (Lipinski definition) is 2. The molecule has 2 nitrogen and oxygen atoms in total. The van der Waals surface area contributed by atoms with Gasteiger partial charge < -0.3 is 0 Å². The Bertz CT molecular complexity index is 431. The molecule has 1 atom stereocenters. The summed E-state index contributed by atoms with van der Waals surface area (Å²) in [5.74, 6) is 0.152. The van der Waals surface area contributed by atoms with Crippen LogP contribution in [0.3, 0.4) is 0 Å². The summed E-state index contributed by atoms with van der Waals surface area (Å²) in [6.45, 7) is 3.96. The van der Waals surface area contributed by atoms with Crippen LogP contribution in [-0.2, 0) is 6.42 Å². The van der Waals surface area contributed by atoms with E-state index in [0.29, 0.717) is 6.42 Å². The van der Waals surface area contributed by atoms with Gasteiger partial charge >= 0.3 is 0 Å². The highest BCUT2D eigenvalue weighted by Crippen LogP contribution is 2.25. The first-order valence-corrected chi connectivity index (χ1v) is 4.10. The first-order valence-electron chi connectivity index (χ1n) is 4.10. The maximum atomic E-state index is 11.1. The van der Waals surface area contributed by atoms with Crippen molar-refractivity contribution >= 4 is 0 Å². The van der Waals surface area contributed by atoms with E-state index >= 15 is 0 Å². The van der Waals surface area contributed by atoms with Gasteiger partial charge in [-0.15, -0.1) is 0 Å². The van der Waals surface area contributed by atoms with E-state index in [4.69, 9.17) is 0 Å². The Morgan fingerprint density at radius 2 is 2.00 bits per heavy atom. The van der Waals surface area contributed by atoms with Gasteiger partial charge in [-0.05, 0) is 13.3 Å². The predicted molar refractivity (Wildman–Crippen MR) is 47.2 cm³/mol. The van der Waals surface area contributed by atoms with E-state index in [1.54, 1.807) is 0 Å². The van der Waals surface area contributed by atoms with Crippen molar-refractivity contribution in [3.05, 3.63) is 43.2 Å². The molecule has 0 bridgehead atoms. The Hall–Kier alpha value is -1.18. The Morgan fingerprint density at radius 3 is 2.67 bits per heavy atom. The van der Waals surface area contributed by atoms with Crippen LogP contribution < -0.4 is 10.9 Å². The number of fused-ring (bicyclic) bond motifs is 1. The van der Waals surface area contributed by atoms with Crippen LogP contribution in [0.15, 0.2) is 21.2 Å². The highest BCUT2D eigenvalue weighted by molar-refractivity contribution is 5.44. The third-order valence-electron chi connectivity index (χ3n) is 2.50. The lowest BCUT2D eigenvalue weighted by Gasteiger charge is -2.20. The minimum atomic E-state index is -0.263. The molecule has 0 saturated carbocycles. The molecule has 1 aromatic rings. The first kappa shape index (κ1) is 7.47. The second kappa shape index (κ2) is 2.16. The second-order valence-corrected chi connectivity index (χ2v) is 3.53. The van der Waals surface area contributed by atoms with Gasteiger partial charge in [0.15, 0.2) is 0 Å². The van der Waals surface area contributed by atoms with Crippen molar-refractivity contribution in [2.24, 2.45) is 0 Å². The zero-order valence-corrected chi connectivity index (χ0v) is 7.18. The molecule has 0 N–H and O–H groups in total. The summed E-state index contributed by atoms with van der Waals surface area (Å²) in [4.78, 5) is 22.1. The highest BCUT2D eigenvalue weighted by atomic mass is 16.2. The molecule has 2 heteroatoms. The molecule has 0 heterocycles. The summed E-state index contributed by atoms with van der Waals surface area (Å²) in [7, 11) is 0. The SMILES string of the molecule is CC1=CC(C)c2c(c(=O)c2=O)C1. The maximum absolute atomic E-state index is 11.1. The molecule has 0 saturated heterocycles. The zero-order chi connectivity index (χ0) is 8.88. The van der Waals surface area contributed by atoms with Crippen LogP contribution in [0.5, 0.6) is 0 Å². The van der Waals surface area contributed by atoms with Gasteiger partial charge in [-0.25, -0.2) is 0 Å². The molecule has 1 unspecified atom stereocenters. The fraction of sp³-hybridized carbons (Fsp3) is 0.400. The van der Waals surface area contributed by atoms with Gasteiger partial charge in [0.1, 0.15) is 0 Å². The Kier molecular flexibility index (Phi) is 1.34. The molecule has 12 heavy (non-hydrogen) atoms. The number of allylic oxidation sites excluding steroid dienone is 2. The van der Waals surface area contributed by atoms with Crippen molar-refractivity contribution in [3.63, 3.8) is 0 Å². The minimum Gasteiger partial charge on any atom is -0.285 e. The summed E-state index contributed by atoms with van der Waals surface area (Å²) in [6.07, 6.45) is 2.74. The molecule has 62 valence electrons. The first-order chi connectivity index (χ1) is 5.61. The van der Waals surface area contributed by atoms with E-state index in [-0.39, 0.29) is 16.8 Å². The van der Waals surface area contributed by atoms with Gasteiger partial charge in [0.2, 0.25) is 10.9 Å². The minimum absolute atomic E-state index is 0.152. The lowest BCUT2D eigenvalue weighted by atomic mass is 9.81. The fourth-order valence-corrected chi connectivity index (χ4v) is 1.96. The average molecular weight is 162 g/mol. The highest BCUT2D eigenvalue weighted by Gasteiger charge is 2.26. The van der Waals surface area contributed by atoms with Crippen molar-refractivity contribution in [2.45, 2.75) is 26.2 Å². The van der Waals surface area contributed by atoms with Crippen molar-refractivity contribution in [1.82, 2.24) is 0 Å². The maximum Gasteiger partial charge on any atom is 0.230 e. The Morgan fingerprint density at radius 1 is 1.33 bits per heavy atom. The van der Waals surface area contributed by atoms with Gasteiger partial charge in [-0.3, -0.25) is 9.59 Å². The van der Waals surface area contributed by atoms with Gasteiger partial charge in [-0.2, -0.15) is 0 Å². The third kappa shape index (κ3) is 0.750. The molecular weight excluding hydrogens is 152 g/mol. The Labute approximate surface area is 70.2 Å². The van der Waals surface area contributed by atoms with Crippen LogP contribution in [0.25, 0.3) is 0 Å². The third-order valence-corrected chi connectivity index (χ3v) is 2.50. The van der Waals surface area contributed by atoms with Crippen LogP contribution >= 0.6 is 0 Å². The molecule has 1 aliphatic rings. The number of rotatable bonds is 0. The molecule has 1 aliphatic carbocycles. The molecule has 0 aliphatic heterocycles. The van der Waals surface area contributed by atoms with Crippen molar-refractivity contribution in [2.75, 3.05) is 0 Å². The van der Waals surface area contributed by atoms with E-state index in [0.717, 1.165) is 11.1 Å². The molecule has 0 amide bonds. The fourth-order valence-electron chi connectivity index (χ4n) is 1.96. The normalized spacial score (nSPS) is 22.2. The molecule has 0 fully saturated rings. The average Bonchev–Trinajstić information content (AvgIpc) is 2.02. The van der Waals surface area contributed by atoms with Crippen molar-refractivity contribution in [3.8, 4) is 0 Å². The van der Waals surface area contributed by atoms with Gasteiger partial charge in [0.05, 0.1) is 0 Å². The van der Waals surface area contributed by atoms with E-state index < -0.39 is 0 Å². The molecule has 0 radical (unpaired) electrons. The monoisotopic (exact) mass is 162 g/mol. The second-order valence-electron chi connectivity index (χ2n) is 3.53. The standard InChI is InChI=1S/C10H10O2/c1-5-3-6(2)8-7(4-5)9(11)10(8)12/h3,6H,4H2,1-2H3. The van der Waals surface area contributed by atoms with Gasteiger partial charge in [0, 0.05) is 17.0 Å². The van der Waals surface area contributed by atoms with Crippen LogP contribution in [0.2, 0.25) is 0 Å². The molecule has 2 rings (SSSR count). The van der Waals surface area contributed by atoms with E-state index in [1.165, 1.54) is 5.57 Å². The zero-order valence-electron chi connectivity index (χ0n) is 7.18. The molecular formula is C10H10O2. The largest absolute Gasteiger partial charge is 0.285 e. The lowest BCUT2D eigenvalue weighted by molar-refractivity contribution is 0.833. The van der Waals surface area contributed by atoms with Crippen LogP contribution in [-0.4, -0.2) is 0 Å². The van der Waals surface area contributed by atoms with Crippen molar-refractivity contribution < 1.29 is 0 Å². The molecule has 0 aromatic heterocycles. The van der Waals surface area contributed by atoms with Gasteiger partial charge in [-0.1, -0.05) is 18.6 Å². The van der Waals surface area contributed by atoms with Crippen molar-refractivity contribution in [1.29, 1.82) is 0 Å². The van der Waals surface area contributed by atoms with Gasteiger partial charge in [0.25, 0.3) is 0 Å². The quantitative estimate of drug-likeness (QED) is 0.419. The van der Waals surface area contributed by atoms with Crippen LogP contribution in [0.1, 0.15) is 30.9 Å².